The van der Waals surface area contributed by atoms with Crippen LogP contribution < -0.4 is 5.32 Å². The van der Waals surface area contributed by atoms with Gasteiger partial charge in [0, 0.05) is 24.2 Å². The molecular formula is C30H21N5O2. The van der Waals surface area contributed by atoms with Gasteiger partial charge in [-0.25, -0.2) is 4.98 Å². The number of carbonyl (C=O) groups excluding carboxylic acids is 1. The number of nitrogens with one attached hydrogen (secondary N) is 2. The van der Waals surface area contributed by atoms with Gasteiger partial charge in [0.05, 0.1) is 29.0 Å². The van der Waals surface area contributed by atoms with Gasteiger partial charge in [0.1, 0.15) is 5.82 Å². The van der Waals surface area contributed by atoms with E-state index < -0.39 is 0 Å². The van der Waals surface area contributed by atoms with E-state index in [4.69, 9.17) is 9.51 Å². The Morgan fingerprint density at radius 2 is 1.73 bits per heavy atom. The molecule has 3 aromatic heterocycles. The lowest BCUT2D eigenvalue weighted by Crippen LogP contribution is -2.27. The number of aromatic nitrogens is 4. The minimum absolute atomic E-state index is 0.192. The lowest BCUT2D eigenvalue weighted by Gasteiger charge is -2.15. The zero-order valence-corrected chi connectivity index (χ0v) is 19.7. The Morgan fingerprint density at radius 3 is 2.62 bits per heavy atom. The first kappa shape index (κ1) is 21.3. The summed E-state index contributed by atoms with van der Waals surface area (Å²) in [6, 6.07) is 27.5. The van der Waals surface area contributed by atoms with Crippen molar-refractivity contribution in [1.29, 1.82) is 0 Å². The molecule has 0 bridgehead atoms. The van der Waals surface area contributed by atoms with Gasteiger partial charge in [0.2, 0.25) is 5.76 Å². The lowest BCUT2D eigenvalue weighted by molar-refractivity contribution is 0.0906. The second-order valence-electron chi connectivity index (χ2n) is 9.09. The van der Waals surface area contributed by atoms with E-state index >= 15 is 0 Å². The predicted octanol–water partition coefficient (Wildman–Crippen LogP) is 5.70. The lowest BCUT2D eigenvalue weighted by atomic mass is 9.99. The Bertz CT molecular complexity index is 1740. The molecule has 6 aromatic rings. The van der Waals surface area contributed by atoms with Gasteiger partial charge >= 0.3 is 0 Å². The molecule has 0 saturated heterocycles. The van der Waals surface area contributed by atoms with Crippen LogP contribution in [0.5, 0.6) is 0 Å². The maximum atomic E-state index is 13.3. The molecule has 2 N–H and O–H groups in total. The maximum Gasteiger partial charge on any atom is 0.290 e. The molecule has 3 aromatic carbocycles. The van der Waals surface area contributed by atoms with Crippen LogP contribution in [0.3, 0.4) is 0 Å². The maximum absolute atomic E-state index is 13.3. The summed E-state index contributed by atoms with van der Waals surface area (Å²) in [7, 11) is 0. The molecule has 37 heavy (non-hydrogen) atoms. The fourth-order valence-electron chi connectivity index (χ4n) is 5.10. The quantitative estimate of drug-likeness (QED) is 0.328. The number of nitrogens with zero attached hydrogens (tertiary/aromatic N) is 3. The third-order valence-electron chi connectivity index (χ3n) is 6.77. The fourth-order valence-corrected chi connectivity index (χ4v) is 5.10. The highest BCUT2D eigenvalue weighted by molar-refractivity contribution is 5.95. The van der Waals surface area contributed by atoms with Crippen LogP contribution in [0.4, 0.5) is 0 Å². The minimum Gasteiger partial charge on any atom is -0.351 e. The minimum atomic E-state index is -0.327. The second kappa shape index (κ2) is 8.57. The molecule has 7 heteroatoms. The molecule has 0 aliphatic heterocycles. The fraction of sp³-hybridized carbons (Fsp3) is 0.0667. The van der Waals surface area contributed by atoms with E-state index in [1.54, 1.807) is 18.5 Å². The third-order valence-corrected chi connectivity index (χ3v) is 6.77. The largest absolute Gasteiger partial charge is 0.351 e. The molecule has 1 amide bonds. The Kier molecular flexibility index (Phi) is 4.92. The SMILES string of the molecule is O=C(NC1c2ccccc2-c2c(-c3nc4ccncc4[nH]3)cccc21)c1cc(Cc2ccccc2)no1. The highest BCUT2D eigenvalue weighted by Gasteiger charge is 2.33. The molecule has 1 aliphatic carbocycles. The third kappa shape index (κ3) is 3.68. The van der Waals surface area contributed by atoms with Crippen molar-refractivity contribution in [3.05, 3.63) is 125 Å². The Balaban J connectivity index is 1.23. The summed E-state index contributed by atoms with van der Waals surface area (Å²) in [5.41, 5.74) is 8.69. The number of carbonyl (C=O) groups is 1. The van der Waals surface area contributed by atoms with Gasteiger partial charge in [0.15, 0.2) is 0 Å². The number of pyridine rings is 1. The van der Waals surface area contributed by atoms with Gasteiger partial charge < -0.3 is 14.8 Å². The zero-order chi connectivity index (χ0) is 24.8. The van der Waals surface area contributed by atoms with Gasteiger partial charge in [-0.05, 0) is 33.9 Å². The molecule has 0 fully saturated rings. The van der Waals surface area contributed by atoms with E-state index in [0.717, 1.165) is 50.2 Å². The van der Waals surface area contributed by atoms with Crippen molar-refractivity contribution < 1.29 is 9.32 Å². The molecule has 0 radical (unpaired) electrons. The Morgan fingerprint density at radius 1 is 0.919 bits per heavy atom. The monoisotopic (exact) mass is 483 g/mol. The number of amides is 1. The van der Waals surface area contributed by atoms with Crippen LogP contribution in [0.2, 0.25) is 0 Å². The number of benzene rings is 3. The number of hydrogen-bond donors (Lipinski definition) is 2. The summed E-state index contributed by atoms with van der Waals surface area (Å²) in [5, 5.41) is 7.29. The summed E-state index contributed by atoms with van der Waals surface area (Å²) in [6.45, 7) is 0. The van der Waals surface area contributed by atoms with Gasteiger partial charge in [-0.2, -0.15) is 0 Å². The Hall–Kier alpha value is -5.04. The van der Waals surface area contributed by atoms with E-state index in [1.165, 1.54) is 0 Å². The first-order chi connectivity index (χ1) is 18.2. The van der Waals surface area contributed by atoms with Crippen molar-refractivity contribution in [3.63, 3.8) is 0 Å². The average Bonchev–Trinajstić information content (AvgIpc) is 3.66. The summed E-state index contributed by atoms with van der Waals surface area (Å²) in [6.07, 6.45) is 4.11. The molecular weight excluding hydrogens is 462 g/mol. The summed E-state index contributed by atoms with van der Waals surface area (Å²) in [5.74, 6) is 0.653. The second-order valence-corrected chi connectivity index (χ2v) is 9.09. The van der Waals surface area contributed by atoms with Crippen LogP contribution in [0.1, 0.15) is 39.0 Å². The van der Waals surface area contributed by atoms with Crippen molar-refractivity contribution in [2.24, 2.45) is 0 Å². The van der Waals surface area contributed by atoms with Gasteiger partial charge in [-0.3, -0.25) is 9.78 Å². The van der Waals surface area contributed by atoms with Crippen LogP contribution in [0.15, 0.2) is 102 Å². The molecule has 1 atom stereocenters. The summed E-state index contributed by atoms with van der Waals surface area (Å²) >= 11 is 0. The number of imidazole rings is 1. The molecule has 7 rings (SSSR count). The van der Waals surface area contributed by atoms with Crippen LogP contribution in [0, 0.1) is 0 Å². The van der Waals surface area contributed by atoms with Gasteiger partial charge in [0.25, 0.3) is 5.91 Å². The van der Waals surface area contributed by atoms with Crippen molar-refractivity contribution in [1.82, 2.24) is 25.4 Å². The highest BCUT2D eigenvalue weighted by Crippen LogP contribution is 2.47. The van der Waals surface area contributed by atoms with Crippen LogP contribution in [-0.4, -0.2) is 26.0 Å². The molecule has 0 spiro atoms. The van der Waals surface area contributed by atoms with Gasteiger partial charge in [-0.15, -0.1) is 0 Å². The first-order valence-corrected chi connectivity index (χ1v) is 12.1. The smallest absolute Gasteiger partial charge is 0.290 e. The van der Waals surface area contributed by atoms with E-state index in [0.29, 0.717) is 12.1 Å². The number of hydrogen-bond acceptors (Lipinski definition) is 5. The molecule has 178 valence electrons. The van der Waals surface area contributed by atoms with Crippen LogP contribution >= 0.6 is 0 Å². The van der Waals surface area contributed by atoms with Crippen molar-refractivity contribution in [2.75, 3.05) is 0 Å². The van der Waals surface area contributed by atoms with Crippen LogP contribution in [-0.2, 0) is 6.42 Å². The number of aromatic amines is 1. The van der Waals surface area contributed by atoms with E-state index in [-0.39, 0.29) is 17.7 Å². The number of fused-ring (bicyclic) bond motifs is 4. The standard InChI is InChI=1S/C30H21N5O2/c36-30(26-16-19(35-37-26)15-18-7-2-1-3-8-18)34-28-21-10-5-4-9-20(21)27-22(28)11-6-12-23(27)29-32-24-13-14-31-17-25(24)33-29/h1-14,16-17,28H,15H2,(H,32,33)(H,34,36). The van der Waals surface area contributed by atoms with Crippen molar-refractivity contribution >= 4 is 16.9 Å². The molecule has 1 unspecified atom stereocenters. The molecule has 1 aliphatic rings. The number of H-pyrrole nitrogens is 1. The first-order valence-electron chi connectivity index (χ1n) is 12.1. The molecule has 3 heterocycles. The Labute approximate surface area is 212 Å². The van der Waals surface area contributed by atoms with Gasteiger partial charge in [-0.1, -0.05) is 78.0 Å². The predicted molar refractivity (Wildman–Crippen MR) is 140 cm³/mol. The molecule has 7 nitrogen and oxygen atoms in total. The molecule has 0 saturated carbocycles. The normalized spacial score (nSPS) is 13.9. The average molecular weight is 484 g/mol. The summed E-state index contributed by atoms with van der Waals surface area (Å²) < 4.78 is 5.43. The van der Waals surface area contributed by atoms with E-state index in [9.17, 15) is 4.79 Å². The summed E-state index contributed by atoms with van der Waals surface area (Å²) in [4.78, 5) is 25.7. The zero-order valence-electron chi connectivity index (χ0n) is 19.7. The van der Waals surface area contributed by atoms with E-state index in [2.05, 4.69) is 38.6 Å². The van der Waals surface area contributed by atoms with Crippen molar-refractivity contribution in [3.8, 4) is 22.5 Å². The van der Waals surface area contributed by atoms with E-state index in [1.807, 2.05) is 60.7 Å². The van der Waals surface area contributed by atoms with Crippen LogP contribution in [0.25, 0.3) is 33.5 Å². The number of rotatable bonds is 5. The highest BCUT2D eigenvalue weighted by atomic mass is 16.5. The topological polar surface area (TPSA) is 96.7 Å². The van der Waals surface area contributed by atoms with Crippen molar-refractivity contribution in [2.45, 2.75) is 12.5 Å².